The molecule has 1 atom stereocenters. The molecule has 0 amide bonds. The third-order valence-corrected chi connectivity index (χ3v) is 3.49. The summed E-state index contributed by atoms with van der Waals surface area (Å²) in [6.45, 7) is 3.86. The lowest BCUT2D eigenvalue weighted by molar-refractivity contribution is 0.0801. The van der Waals surface area contributed by atoms with Gasteiger partial charge >= 0.3 is 0 Å². The summed E-state index contributed by atoms with van der Waals surface area (Å²) in [4.78, 5) is 0. The summed E-state index contributed by atoms with van der Waals surface area (Å²) in [5.41, 5.74) is 0.122. The average molecular weight is 215 g/mol. The van der Waals surface area contributed by atoms with E-state index in [1.54, 1.807) is 0 Å². The summed E-state index contributed by atoms with van der Waals surface area (Å²) in [5.74, 6) is 0. The molecule has 15 heavy (non-hydrogen) atoms. The quantitative estimate of drug-likeness (QED) is 0.585. The van der Waals surface area contributed by atoms with Crippen LogP contribution < -0.4 is 5.32 Å². The molecule has 90 valence electrons. The Morgan fingerprint density at radius 3 is 2.47 bits per heavy atom. The lowest BCUT2D eigenvalue weighted by atomic mass is 9.74. The first-order chi connectivity index (χ1) is 7.18. The standard InChI is InChI=1S/C12H25NO2/c1-11(15)5-8-13-9-12(10-14)6-3-2-4-7-12/h11,13-15H,2-10H2,1H3. The summed E-state index contributed by atoms with van der Waals surface area (Å²) in [7, 11) is 0. The van der Waals surface area contributed by atoms with Crippen molar-refractivity contribution in [2.75, 3.05) is 19.7 Å². The first kappa shape index (κ1) is 12.9. The van der Waals surface area contributed by atoms with E-state index < -0.39 is 0 Å². The van der Waals surface area contributed by atoms with E-state index in [9.17, 15) is 5.11 Å². The minimum absolute atomic E-state index is 0.122. The van der Waals surface area contributed by atoms with Crippen LogP contribution in [0.2, 0.25) is 0 Å². The van der Waals surface area contributed by atoms with Gasteiger partial charge in [-0.2, -0.15) is 0 Å². The average Bonchev–Trinajstić information content (AvgIpc) is 2.26. The zero-order valence-electron chi connectivity index (χ0n) is 9.84. The maximum atomic E-state index is 9.46. The maximum Gasteiger partial charge on any atom is 0.0524 e. The molecule has 1 aliphatic rings. The van der Waals surface area contributed by atoms with E-state index in [4.69, 9.17) is 5.11 Å². The third kappa shape index (κ3) is 4.49. The van der Waals surface area contributed by atoms with Crippen molar-refractivity contribution < 1.29 is 10.2 Å². The highest BCUT2D eigenvalue weighted by molar-refractivity contribution is 4.84. The van der Waals surface area contributed by atoms with Crippen LogP contribution in [0.4, 0.5) is 0 Å². The second-order valence-corrected chi connectivity index (χ2v) is 5.03. The molecule has 1 rings (SSSR count). The molecule has 0 aromatic carbocycles. The second-order valence-electron chi connectivity index (χ2n) is 5.03. The van der Waals surface area contributed by atoms with E-state index in [-0.39, 0.29) is 11.5 Å². The summed E-state index contributed by atoms with van der Waals surface area (Å²) in [6.07, 6.45) is 6.67. The molecule has 0 radical (unpaired) electrons. The van der Waals surface area contributed by atoms with Crippen molar-refractivity contribution in [1.29, 1.82) is 0 Å². The number of aliphatic hydroxyl groups excluding tert-OH is 2. The second kappa shape index (κ2) is 6.46. The van der Waals surface area contributed by atoms with Crippen molar-refractivity contribution in [2.24, 2.45) is 5.41 Å². The van der Waals surface area contributed by atoms with Crippen LogP contribution in [0.5, 0.6) is 0 Å². The lowest BCUT2D eigenvalue weighted by Crippen LogP contribution is -2.39. The van der Waals surface area contributed by atoms with Crippen LogP contribution in [-0.4, -0.2) is 36.0 Å². The smallest absolute Gasteiger partial charge is 0.0524 e. The molecule has 0 heterocycles. The fraction of sp³-hybridized carbons (Fsp3) is 1.00. The fourth-order valence-electron chi connectivity index (χ4n) is 2.36. The maximum absolute atomic E-state index is 9.46. The number of hydrogen-bond acceptors (Lipinski definition) is 3. The molecular weight excluding hydrogens is 190 g/mol. The molecule has 0 aromatic rings. The highest BCUT2D eigenvalue weighted by Crippen LogP contribution is 2.35. The molecule has 0 aliphatic heterocycles. The van der Waals surface area contributed by atoms with Crippen molar-refractivity contribution >= 4 is 0 Å². The SMILES string of the molecule is CC(O)CCNCC1(CO)CCCCC1. The minimum atomic E-state index is -0.228. The highest BCUT2D eigenvalue weighted by atomic mass is 16.3. The normalized spacial score (nSPS) is 22.6. The van der Waals surface area contributed by atoms with Crippen molar-refractivity contribution in [1.82, 2.24) is 5.32 Å². The van der Waals surface area contributed by atoms with Gasteiger partial charge in [0.15, 0.2) is 0 Å². The monoisotopic (exact) mass is 215 g/mol. The molecule has 1 saturated carbocycles. The third-order valence-electron chi connectivity index (χ3n) is 3.49. The van der Waals surface area contributed by atoms with Gasteiger partial charge in [-0.3, -0.25) is 0 Å². The number of nitrogens with one attached hydrogen (secondary N) is 1. The predicted molar refractivity (Wildman–Crippen MR) is 61.8 cm³/mol. The summed E-state index contributed by atoms with van der Waals surface area (Å²) in [6, 6.07) is 0. The topological polar surface area (TPSA) is 52.5 Å². The highest BCUT2D eigenvalue weighted by Gasteiger charge is 2.30. The largest absolute Gasteiger partial charge is 0.396 e. The van der Waals surface area contributed by atoms with Gasteiger partial charge < -0.3 is 15.5 Å². The van der Waals surface area contributed by atoms with Crippen LogP contribution in [-0.2, 0) is 0 Å². The lowest BCUT2D eigenvalue weighted by Gasteiger charge is -2.35. The molecular formula is C12H25NO2. The van der Waals surface area contributed by atoms with Crippen LogP contribution in [0, 0.1) is 5.41 Å². The zero-order valence-corrected chi connectivity index (χ0v) is 9.84. The molecule has 0 aromatic heterocycles. The van der Waals surface area contributed by atoms with Crippen molar-refractivity contribution in [3.05, 3.63) is 0 Å². The van der Waals surface area contributed by atoms with Crippen LogP contribution >= 0.6 is 0 Å². The molecule has 3 heteroatoms. The minimum Gasteiger partial charge on any atom is -0.396 e. The van der Waals surface area contributed by atoms with Crippen molar-refractivity contribution in [3.8, 4) is 0 Å². The van der Waals surface area contributed by atoms with Crippen LogP contribution in [0.1, 0.15) is 45.4 Å². The van der Waals surface area contributed by atoms with Gasteiger partial charge in [-0.25, -0.2) is 0 Å². The number of aliphatic hydroxyl groups is 2. The molecule has 3 N–H and O–H groups in total. The molecule has 1 fully saturated rings. The van der Waals surface area contributed by atoms with E-state index in [0.29, 0.717) is 6.61 Å². The molecule has 0 bridgehead atoms. The van der Waals surface area contributed by atoms with Crippen LogP contribution in [0.25, 0.3) is 0 Å². The molecule has 0 spiro atoms. The first-order valence-corrected chi connectivity index (χ1v) is 6.18. The van der Waals surface area contributed by atoms with E-state index in [1.165, 1.54) is 19.3 Å². The van der Waals surface area contributed by atoms with E-state index in [1.807, 2.05) is 6.92 Å². The van der Waals surface area contributed by atoms with Gasteiger partial charge in [0.1, 0.15) is 0 Å². The summed E-state index contributed by atoms with van der Waals surface area (Å²) >= 11 is 0. The Kier molecular flexibility index (Phi) is 5.58. The first-order valence-electron chi connectivity index (χ1n) is 6.18. The fourth-order valence-corrected chi connectivity index (χ4v) is 2.36. The van der Waals surface area contributed by atoms with E-state index in [2.05, 4.69) is 5.32 Å². The Labute approximate surface area is 92.9 Å². The molecule has 1 aliphatic carbocycles. The van der Waals surface area contributed by atoms with Gasteiger partial charge in [-0.1, -0.05) is 19.3 Å². The van der Waals surface area contributed by atoms with E-state index in [0.717, 1.165) is 32.4 Å². The van der Waals surface area contributed by atoms with Crippen LogP contribution in [0.15, 0.2) is 0 Å². The molecule has 3 nitrogen and oxygen atoms in total. The Hall–Kier alpha value is -0.120. The Morgan fingerprint density at radius 1 is 1.27 bits per heavy atom. The zero-order chi connectivity index (χ0) is 11.1. The van der Waals surface area contributed by atoms with Crippen LogP contribution in [0.3, 0.4) is 0 Å². The predicted octanol–water partition coefficient (Wildman–Crippen LogP) is 1.29. The Balaban J connectivity index is 2.20. The van der Waals surface area contributed by atoms with Gasteiger partial charge in [0.2, 0.25) is 0 Å². The van der Waals surface area contributed by atoms with Gasteiger partial charge in [0.05, 0.1) is 6.10 Å². The number of hydrogen-bond donors (Lipinski definition) is 3. The van der Waals surface area contributed by atoms with Crippen molar-refractivity contribution in [2.45, 2.75) is 51.6 Å². The molecule has 0 saturated heterocycles. The van der Waals surface area contributed by atoms with E-state index >= 15 is 0 Å². The van der Waals surface area contributed by atoms with Gasteiger partial charge in [0, 0.05) is 18.6 Å². The Morgan fingerprint density at radius 2 is 1.93 bits per heavy atom. The summed E-state index contributed by atoms with van der Waals surface area (Å²) < 4.78 is 0. The molecule has 1 unspecified atom stereocenters. The Bertz CT molecular complexity index is 165. The van der Waals surface area contributed by atoms with Gasteiger partial charge in [-0.05, 0) is 32.7 Å². The van der Waals surface area contributed by atoms with Gasteiger partial charge in [-0.15, -0.1) is 0 Å². The number of rotatable bonds is 6. The van der Waals surface area contributed by atoms with Crippen molar-refractivity contribution in [3.63, 3.8) is 0 Å². The summed E-state index contributed by atoms with van der Waals surface area (Å²) in [5, 5.41) is 21.9. The van der Waals surface area contributed by atoms with Gasteiger partial charge in [0.25, 0.3) is 0 Å².